The van der Waals surface area contributed by atoms with Crippen LogP contribution < -0.4 is 11.3 Å². The van der Waals surface area contributed by atoms with Gasteiger partial charge in [-0.05, 0) is 36.8 Å². The van der Waals surface area contributed by atoms with Gasteiger partial charge in [0.05, 0.1) is 0 Å². The summed E-state index contributed by atoms with van der Waals surface area (Å²) in [6, 6.07) is 0. The van der Waals surface area contributed by atoms with Crippen molar-refractivity contribution in [1.82, 2.24) is 4.98 Å². The van der Waals surface area contributed by atoms with E-state index >= 15 is 0 Å². The van der Waals surface area contributed by atoms with Gasteiger partial charge in [0, 0.05) is 11.4 Å². The van der Waals surface area contributed by atoms with Gasteiger partial charge >= 0.3 is 0 Å². The molecule has 3 heteroatoms. The van der Waals surface area contributed by atoms with E-state index in [4.69, 9.17) is 13.6 Å². The van der Waals surface area contributed by atoms with Crippen molar-refractivity contribution in [1.29, 1.82) is 0 Å². The molecule has 2 rings (SSSR count). The Balaban J connectivity index is 2.26. The maximum Gasteiger partial charge on any atom is 0.141 e. The monoisotopic (exact) mass is 188 g/mol. The van der Waals surface area contributed by atoms with Gasteiger partial charge in [0.2, 0.25) is 0 Å². The summed E-state index contributed by atoms with van der Waals surface area (Å²) in [7, 11) is 5.78. The summed E-state index contributed by atoms with van der Waals surface area (Å²) >= 11 is 0. The average Bonchev–Trinajstić information content (AvgIpc) is 2.49. The van der Waals surface area contributed by atoms with Crippen LogP contribution in [0, 0.1) is 0 Å². The standard InChI is InChI=1S/C11H17BN2/c12-11-10(13)8-6-4-2-1-3-5-7-9(8)14-11/h14H,1-7,13H2. The Kier molecular flexibility index (Phi) is 2.85. The van der Waals surface area contributed by atoms with E-state index in [2.05, 4.69) is 4.98 Å². The van der Waals surface area contributed by atoms with E-state index in [9.17, 15) is 0 Å². The molecule has 0 saturated carbocycles. The summed E-state index contributed by atoms with van der Waals surface area (Å²) in [5.41, 5.74) is 9.96. The Bertz CT molecular complexity index is 317. The Morgan fingerprint density at radius 1 is 1.00 bits per heavy atom. The zero-order valence-electron chi connectivity index (χ0n) is 8.60. The van der Waals surface area contributed by atoms with Gasteiger partial charge in [-0.2, -0.15) is 0 Å². The van der Waals surface area contributed by atoms with Crippen molar-refractivity contribution in [3.05, 3.63) is 11.3 Å². The maximum absolute atomic E-state index is 5.94. The van der Waals surface area contributed by atoms with Gasteiger partial charge in [-0.3, -0.25) is 0 Å². The zero-order valence-corrected chi connectivity index (χ0v) is 8.60. The molecule has 0 aromatic carbocycles. The molecule has 1 aromatic heterocycles. The van der Waals surface area contributed by atoms with E-state index < -0.39 is 0 Å². The maximum atomic E-state index is 5.94. The first-order valence-corrected chi connectivity index (χ1v) is 5.53. The van der Waals surface area contributed by atoms with Crippen molar-refractivity contribution in [3.63, 3.8) is 0 Å². The van der Waals surface area contributed by atoms with Crippen LogP contribution in [0.15, 0.2) is 0 Å². The van der Waals surface area contributed by atoms with E-state index in [0.29, 0.717) is 5.59 Å². The third kappa shape index (κ3) is 1.81. The van der Waals surface area contributed by atoms with Gasteiger partial charge in [-0.1, -0.05) is 19.3 Å². The molecule has 0 bridgehead atoms. The number of nitrogens with one attached hydrogen (secondary N) is 1. The van der Waals surface area contributed by atoms with Crippen molar-refractivity contribution >= 4 is 19.1 Å². The van der Waals surface area contributed by atoms with Crippen molar-refractivity contribution < 1.29 is 0 Å². The molecule has 0 fully saturated rings. The molecule has 0 spiro atoms. The molecule has 0 saturated heterocycles. The number of hydrogen-bond acceptors (Lipinski definition) is 1. The van der Waals surface area contributed by atoms with Gasteiger partial charge < -0.3 is 10.7 Å². The smallest absolute Gasteiger partial charge is 0.141 e. The fraction of sp³-hybridized carbons (Fsp3) is 0.636. The van der Waals surface area contributed by atoms with Crippen LogP contribution in [0.3, 0.4) is 0 Å². The quantitative estimate of drug-likeness (QED) is 0.594. The molecule has 0 atom stereocenters. The van der Waals surface area contributed by atoms with E-state index in [0.717, 1.165) is 18.5 Å². The second-order valence-electron chi connectivity index (χ2n) is 4.18. The Morgan fingerprint density at radius 3 is 2.43 bits per heavy atom. The highest BCUT2D eigenvalue weighted by molar-refractivity contribution is 6.34. The highest BCUT2D eigenvalue weighted by Gasteiger charge is 2.12. The minimum atomic E-state index is 0.663. The lowest BCUT2D eigenvalue weighted by atomic mass is 9.99. The lowest BCUT2D eigenvalue weighted by molar-refractivity contribution is 0.627. The van der Waals surface area contributed by atoms with E-state index in [1.165, 1.54) is 43.4 Å². The summed E-state index contributed by atoms with van der Waals surface area (Å²) in [5.74, 6) is 0. The largest absolute Gasteiger partial charge is 0.398 e. The molecular formula is C11H17BN2. The van der Waals surface area contributed by atoms with Gasteiger partial charge in [-0.25, -0.2) is 0 Å². The summed E-state index contributed by atoms with van der Waals surface area (Å²) < 4.78 is 0. The van der Waals surface area contributed by atoms with Crippen LogP contribution in [0.2, 0.25) is 0 Å². The van der Waals surface area contributed by atoms with Gasteiger partial charge in [0.1, 0.15) is 7.85 Å². The number of H-pyrrole nitrogens is 1. The third-order valence-corrected chi connectivity index (χ3v) is 3.12. The highest BCUT2D eigenvalue weighted by Crippen LogP contribution is 2.22. The normalized spacial score (nSPS) is 18.0. The van der Waals surface area contributed by atoms with Gasteiger partial charge in [0.15, 0.2) is 0 Å². The number of rotatable bonds is 0. The molecule has 0 amide bonds. The number of nitrogens with two attached hydrogens (primary N) is 1. The number of hydrogen-bond donors (Lipinski definition) is 2. The molecule has 1 heterocycles. The Hall–Kier alpha value is -0.855. The predicted octanol–water partition coefficient (Wildman–Crippen LogP) is 1.44. The number of aromatic amines is 1. The first kappa shape index (κ1) is 9.69. The zero-order chi connectivity index (χ0) is 9.97. The third-order valence-electron chi connectivity index (χ3n) is 3.12. The van der Waals surface area contributed by atoms with Crippen molar-refractivity contribution in [2.24, 2.45) is 0 Å². The number of fused-ring (bicyclic) bond motifs is 1. The number of aromatic nitrogens is 1. The topological polar surface area (TPSA) is 41.8 Å². The SMILES string of the molecule is [B]c1[nH]c2c(c1N)CCCCCCC2. The second kappa shape index (κ2) is 4.12. The minimum absolute atomic E-state index is 0.663. The number of anilines is 1. The van der Waals surface area contributed by atoms with Gasteiger partial charge in [-0.15, -0.1) is 0 Å². The fourth-order valence-corrected chi connectivity index (χ4v) is 2.26. The summed E-state index contributed by atoms with van der Waals surface area (Å²) in [6.45, 7) is 0. The summed E-state index contributed by atoms with van der Waals surface area (Å²) in [5, 5.41) is 0. The van der Waals surface area contributed by atoms with Crippen LogP contribution in [0.1, 0.15) is 43.4 Å². The molecule has 2 nitrogen and oxygen atoms in total. The molecule has 0 aliphatic heterocycles. The second-order valence-corrected chi connectivity index (χ2v) is 4.18. The molecular weight excluding hydrogens is 171 g/mol. The molecule has 74 valence electrons. The molecule has 0 unspecified atom stereocenters. The summed E-state index contributed by atoms with van der Waals surface area (Å²) in [6.07, 6.45) is 8.72. The van der Waals surface area contributed by atoms with Crippen LogP contribution in [-0.4, -0.2) is 12.8 Å². The predicted molar refractivity (Wildman–Crippen MR) is 61.1 cm³/mol. The minimum Gasteiger partial charge on any atom is -0.398 e. The molecule has 14 heavy (non-hydrogen) atoms. The summed E-state index contributed by atoms with van der Waals surface area (Å²) in [4.78, 5) is 3.21. The first-order valence-electron chi connectivity index (χ1n) is 5.53. The fourth-order valence-electron chi connectivity index (χ4n) is 2.26. The van der Waals surface area contributed by atoms with Crippen LogP contribution in [0.25, 0.3) is 0 Å². The number of aryl methyl sites for hydroxylation is 1. The van der Waals surface area contributed by atoms with E-state index in [1.807, 2.05) is 0 Å². The average molecular weight is 188 g/mol. The molecule has 1 aromatic rings. The van der Waals surface area contributed by atoms with Crippen molar-refractivity contribution in [2.75, 3.05) is 5.73 Å². The van der Waals surface area contributed by atoms with E-state index in [-0.39, 0.29) is 0 Å². The van der Waals surface area contributed by atoms with Gasteiger partial charge in [0.25, 0.3) is 0 Å². The lowest BCUT2D eigenvalue weighted by Crippen LogP contribution is -2.09. The van der Waals surface area contributed by atoms with Crippen LogP contribution in [-0.2, 0) is 12.8 Å². The first-order chi connectivity index (χ1) is 6.79. The van der Waals surface area contributed by atoms with Crippen LogP contribution in [0.4, 0.5) is 5.69 Å². The molecule has 2 radical (unpaired) electrons. The lowest BCUT2D eigenvalue weighted by Gasteiger charge is -2.02. The number of nitrogen functional groups attached to an aromatic ring is 1. The van der Waals surface area contributed by atoms with Crippen LogP contribution in [0.5, 0.6) is 0 Å². The Morgan fingerprint density at radius 2 is 1.64 bits per heavy atom. The molecule has 1 aliphatic carbocycles. The van der Waals surface area contributed by atoms with Crippen LogP contribution >= 0.6 is 0 Å². The molecule has 3 N–H and O–H groups in total. The highest BCUT2D eigenvalue weighted by atomic mass is 14.8. The Labute approximate surface area is 86.7 Å². The van der Waals surface area contributed by atoms with E-state index in [1.54, 1.807) is 0 Å². The van der Waals surface area contributed by atoms with Crippen molar-refractivity contribution in [2.45, 2.75) is 44.9 Å². The molecule has 1 aliphatic rings. The van der Waals surface area contributed by atoms with Crippen molar-refractivity contribution in [3.8, 4) is 0 Å².